The predicted octanol–water partition coefficient (Wildman–Crippen LogP) is 5.42. The molecule has 0 aliphatic carbocycles. The first-order valence-electron chi connectivity index (χ1n) is 6.55. The fourth-order valence-electron chi connectivity index (χ4n) is 2.18. The fraction of sp³-hybridized carbons (Fsp3) is 1.00. The van der Waals surface area contributed by atoms with E-state index >= 15 is 0 Å². The van der Waals surface area contributed by atoms with E-state index in [1.807, 2.05) is 0 Å². The van der Waals surface area contributed by atoms with Crippen LogP contribution < -0.4 is 0 Å². The third-order valence-corrected chi connectivity index (χ3v) is 3.46. The molecule has 0 fully saturated rings. The molecular formula is C14H30. The van der Waals surface area contributed by atoms with Crippen LogP contribution in [0.1, 0.15) is 79.6 Å². The third kappa shape index (κ3) is 6.45. The molecule has 0 aromatic heterocycles. The van der Waals surface area contributed by atoms with Gasteiger partial charge in [-0.3, -0.25) is 0 Å². The maximum Gasteiger partial charge on any atom is -0.0354 e. The fourth-order valence-corrected chi connectivity index (χ4v) is 2.18. The summed E-state index contributed by atoms with van der Waals surface area (Å²) in [6, 6.07) is 0. The minimum absolute atomic E-state index is 0.563. The van der Waals surface area contributed by atoms with Crippen LogP contribution >= 0.6 is 0 Å². The second kappa shape index (κ2) is 7.31. The maximum absolute atomic E-state index is 2.42. The number of rotatable bonds is 8. The van der Waals surface area contributed by atoms with E-state index < -0.39 is 0 Å². The van der Waals surface area contributed by atoms with E-state index in [4.69, 9.17) is 0 Å². The monoisotopic (exact) mass is 198 g/mol. The lowest BCUT2D eigenvalue weighted by molar-refractivity contribution is 0.235. The minimum Gasteiger partial charge on any atom is -0.0654 e. The molecule has 0 N–H and O–H groups in total. The van der Waals surface area contributed by atoms with E-state index in [1.54, 1.807) is 0 Å². The third-order valence-electron chi connectivity index (χ3n) is 3.46. The summed E-state index contributed by atoms with van der Waals surface area (Å²) in [6.45, 7) is 11.8. The zero-order valence-corrected chi connectivity index (χ0v) is 11.0. The average molecular weight is 198 g/mol. The van der Waals surface area contributed by atoms with Gasteiger partial charge in [0.15, 0.2) is 0 Å². The molecule has 1 atom stereocenters. The van der Waals surface area contributed by atoms with Gasteiger partial charge < -0.3 is 0 Å². The van der Waals surface area contributed by atoms with Crippen LogP contribution in [0.4, 0.5) is 0 Å². The summed E-state index contributed by atoms with van der Waals surface area (Å²) in [5.41, 5.74) is 0.563. The SMILES string of the molecule is CCCCC(CCC)CC(C)(C)CC. The highest BCUT2D eigenvalue weighted by atomic mass is 14.3. The molecule has 0 nitrogen and oxygen atoms in total. The summed E-state index contributed by atoms with van der Waals surface area (Å²) in [5, 5.41) is 0. The lowest BCUT2D eigenvalue weighted by atomic mass is 9.77. The highest BCUT2D eigenvalue weighted by molar-refractivity contribution is 4.72. The summed E-state index contributed by atoms with van der Waals surface area (Å²) in [5.74, 6) is 0.981. The topological polar surface area (TPSA) is 0 Å². The molecule has 0 radical (unpaired) electrons. The summed E-state index contributed by atoms with van der Waals surface area (Å²) < 4.78 is 0. The van der Waals surface area contributed by atoms with E-state index in [9.17, 15) is 0 Å². The van der Waals surface area contributed by atoms with Crippen LogP contribution in [-0.4, -0.2) is 0 Å². The molecule has 0 heterocycles. The average Bonchev–Trinajstić information content (AvgIpc) is 2.14. The maximum atomic E-state index is 2.42. The molecule has 0 rings (SSSR count). The Labute approximate surface area is 91.5 Å². The molecule has 1 unspecified atom stereocenters. The van der Waals surface area contributed by atoms with Gasteiger partial charge in [0.1, 0.15) is 0 Å². The predicted molar refractivity (Wildman–Crippen MR) is 66.6 cm³/mol. The molecule has 0 saturated heterocycles. The van der Waals surface area contributed by atoms with E-state index in [0.29, 0.717) is 5.41 Å². The molecule has 0 aliphatic rings. The van der Waals surface area contributed by atoms with Gasteiger partial charge in [0, 0.05) is 0 Å². The van der Waals surface area contributed by atoms with Crippen LogP contribution in [-0.2, 0) is 0 Å². The van der Waals surface area contributed by atoms with Crippen LogP contribution in [0.2, 0.25) is 0 Å². The van der Waals surface area contributed by atoms with Crippen molar-refractivity contribution in [2.75, 3.05) is 0 Å². The largest absolute Gasteiger partial charge is 0.0654 e. The Morgan fingerprint density at radius 1 is 0.929 bits per heavy atom. The molecule has 0 bridgehead atoms. The quantitative estimate of drug-likeness (QED) is 0.488. The van der Waals surface area contributed by atoms with Crippen molar-refractivity contribution in [1.29, 1.82) is 0 Å². The second-order valence-corrected chi connectivity index (χ2v) is 5.52. The van der Waals surface area contributed by atoms with Crippen molar-refractivity contribution in [3.63, 3.8) is 0 Å². The highest BCUT2D eigenvalue weighted by Gasteiger charge is 2.20. The lowest BCUT2D eigenvalue weighted by Crippen LogP contribution is -2.16. The lowest BCUT2D eigenvalue weighted by Gasteiger charge is -2.28. The van der Waals surface area contributed by atoms with E-state index in [-0.39, 0.29) is 0 Å². The Morgan fingerprint density at radius 3 is 2.00 bits per heavy atom. The minimum atomic E-state index is 0.563. The van der Waals surface area contributed by atoms with Crippen molar-refractivity contribution in [2.24, 2.45) is 11.3 Å². The Bertz CT molecular complexity index is 124. The first-order valence-corrected chi connectivity index (χ1v) is 6.55. The molecule has 0 heteroatoms. The van der Waals surface area contributed by atoms with E-state index in [0.717, 1.165) is 5.92 Å². The van der Waals surface area contributed by atoms with Gasteiger partial charge in [-0.1, -0.05) is 73.1 Å². The Balaban J connectivity index is 3.94. The van der Waals surface area contributed by atoms with Crippen LogP contribution in [0, 0.1) is 11.3 Å². The van der Waals surface area contributed by atoms with Gasteiger partial charge in [-0.2, -0.15) is 0 Å². The van der Waals surface area contributed by atoms with E-state index in [2.05, 4.69) is 34.6 Å². The summed E-state index contributed by atoms with van der Waals surface area (Å²) in [6.07, 6.45) is 9.76. The molecule has 14 heavy (non-hydrogen) atoms. The van der Waals surface area contributed by atoms with Gasteiger partial charge in [0.2, 0.25) is 0 Å². The van der Waals surface area contributed by atoms with Gasteiger partial charge in [-0.25, -0.2) is 0 Å². The van der Waals surface area contributed by atoms with Crippen LogP contribution in [0.3, 0.4) is 0 Å². The van der Waals surface area contributed by atoms with Gasteiger partial charge in [0.25, 0.3) is 0 Å². The van der Waals surface area contributed by atoms with Crippen LogP contribution in [0.15, 0.2) is 0 Å². The smallest absolute Gasteiger partial charge is 0.0354 e. The van der Waals surface area contributed by atoms with Crippen molar-refractivity contribution in [2.45, 2.75) is 79.6 Å². The summed E-state index contributed by atoms with van der Waals surface area (Å²) in [7, 11) is 0. The second-order valence-electron chi connectivity index (χ2n) is 5.52. The number of hydrogen-bond donors (Lipinski definition) is 0. The van der Waals surface area contributed by atoms with Gasteiger partial charge in [0.05, 0.1) is 0 Å². The standard InChI is InChI=1S/C14H30/c1-6-9-11-13(10-7-2)12-14(4,5)8-3/h13H,6-12H2,1-5H3. The Morgan fingerprint density at radius 2 is 1.57 bits per heavy atom. The summed E-state index contributed by atoms with van der Waals surface area (Å²) in [4.78, 5) is 0. The van der Waals surface area contributed by atoms with Crippen molar-refractivity contribution >= 4 is 0 Å². The van der Waals surface area contributed by atoms with Crippen LogP contribution in [0.5, 0.6) is 0 Å². The Kier molecular flexibility index (Phi) is 7.31. The molecular weight excluding hydrogens is 168 g/mol. The first kappa shape index (κ1) is 14.0. The molecule has 0 aromatic rings. The highest BCUT2D eigenvalue weighted by Crippen LogP contribution is 2.33. The van der Waals surface area contributed by atoms with Gasteiger partial charge in [-0.05, 0) is 17.8 Å². The molecule has 0 spiro atoms. The van der Waals surface area contributed by atoms with Crippen molar-refractivity contribution in [1.82, 2.24) is 0 Å². The normalized spacial score (nSPS) is 14.4. The summed E-state index contributed by atoms with van der Waals surface area (Å²) >= 11 is 0. The zero-order chi connectivity index (χ0) is 11.0. The molecule has 0 aliphatic heterocycles. The van der Waals surface area contributed by atoms with Crippen molar-refractivity contribution in [3.05, 3.63) is 0 Å². The Hall–Kier alpha value is 0. The molecule has 0 aromatic carbocycles. The van der Waals surface area contributed by atoms with Gasteiger partial charge >= 0.3 is 0 Å². The van der Waals surface area contributed by atoms with Gasteiger partial charge in [-0.15, -0.1) is 0 Å². The van der Waals surface area contributed by atoms with Crippen LogP contribution in [0.25, 0.3) is 0 Å². The number of unbranched alkanes of at least 4 members (excludes halogenated alkanes) is 1. The molecule has 0 amide bonds. The number of hydrogen-bond acceptors (Lipinski definition) is 0. The molecule has 86 valence electrons. The zero-order valence-electron chi connectivity index (χ0n) is 11.0. The van der Waals surface area contributed by atoms with Crippen molar-refractivity contribution in [3.8, 4) is 0 Å². The molecule has 0 saturated carbocycles. The first-order chi connectivity index (χ1) is 6.55. The van der Waals surface area contributed by atoms with Crippen molar-refractivity contribution < 1.29 is 0 Å². The van der Waals surface area contributed by atoms with E-state index in [1.165, 1.54) is 44.9 Å².